The topological polar surface area (TPSA) is 91.9 Å². The lowest BCUT2D eigenvalue weighted by Gasteiger charge is -2.10. The summed E-state index contributed by atoms with van der Waals surface area (Å²) in [6.07, 6.45) is 0. The predicted molar refractivity (Wildman–Crippen MR) is 109 cm³/mol. The number of aromatic nitrogens is 2. The van der Waals surface area contributed by atoms with Gasteiger partial charge in [-0.2, -0.15) is 0 Å². The first-order chi connectivity index (χ1) is 13.9. The molecule has 0 saturated carbocycles. The molecule has 1 amide bonds. The van der Waals surface area contributed by atoms with Crippen LogP contribution in [0, 0.1) is 5.82 Å². The number of H-pyrrole nitrogens is 1. The summed E-state index contributed by atoms with van der Waals surface area (Å²) >= 11 is 0. The number of fused-ring (bicyclic) bond motifs is 1. The molecule has 0 radical (unpaired) electrons. The molecule has 2 N–H and O–H groups in total. The summed E-state index contributed by atoms with van der Waals surface area (Å²) in [7, 11) is -3.90. The number of hydrogen-bond donors (Lipinski definition) is 2. The normalized spacial score (nSPS) is 11.5. The van der Waals surface area contributed by atoms with E-state index in [2.05, 4.69) is 15.3 Å². The molecule has 1 aromatic heterocycles. The molecule has 0 saturated heterocycles. The number of nitrogens with zero attached hydrogens (tertiary/aromatic N) is 1. The SMILES string of the molecule is O=C(CS(=O)(=O)c1ccc(F)cc1)Nc1ccccc1-c1nc2ccccc2[nH]1. The molecule has 29 heavy (non-hydrogen) atoms. The number of halogens is 1. The smallest absolute Gasteiger partial charge is 0.239 e. The third-order valence-electron chi connectivity index (χ3n) is 4.34. The molecule has 146 valence electrons. The van der Waals surface area contributed by atoms with Gasteiger partial charge < -0.3 is 10.3 Å². The van der Waals surface area contributed by atoms with E-state index in [0.717, 1.165) is 35.3 Å². The van der Waals surface area contributed by atoms with Crippen LogP contribution in [0.1, 0.15) is 0 Å². The highest BCUT2D eigenvalue weighted by molar-refractivity contribution is 7.92. The number of hydrogen-bond acceptors (Lipinski definition) is 4. The van der Waals surface area contributed by atoms with Gasteiger partial charge in [0.15, 0.2) is 9.84 Å². The fraction of sp³-hybridized carbons (Fsp3) is 0.0476. The van der Waals surface area contributed by atoms with Crippen molar-refractivity contribution in [2.75, 3.05) is 11.1 Å². The van der Waals surface area contributed by atoms with Crippen LogP contribution >= 0.6 is 0 Å². The van der Waals surface area contributed by atoms with Crippen molar-refractivity contribution in [3.8, 4) is 11.4 Å². The molecule has 0 aliphatic carbocycles. The zero-order valence-electron chi connectivity index (χ0n) is 15.1. The van der Waals surface area contributed by atoms with Crippen molar-refractivity contribution >= 4 is 32.5 Å². The number of nitrogens with one attached hydrogen (secondary N) is 2. The van der Waals surface area contributed by atoms with E-state index in [1.54, 1.807) is 24.3 Å². The van der Waals surface area contributed by atoms with Crippen molar-refractivity contribution in [3.63, 3.8) is 0 Å². The Morgan fingerprint density at radius 3 is 2.41 bits per heavy atom. The van der Waals surface area contributed by atoms with E-state index in [0.29, 0.717) is 17.1 Å². The van der Waals surface area contributed by atoms with E-state index in [-0.39, 0.29) is 4.90 Å². The number of para-hydroxylation sites is 3. The molecule has 0 aliphatic heterocycles. The molecule has 4 rings (SSSR count). The largest absolute Gasteiger partial charge is 0.338 e. The molecule has 4 aromatic rings. The Bertz CT molecular complexity index is 1270. The first-order valence-electron chi connectivity index (χ1n) is 8.75. The minimum atomic E-state index is -3.90. The van der Waals surface area contributed by atoms with Crippen molar-refractivity contribution in [2.24, 2.45) is 0 Å². The van der Waals surface area contributed by atoms with Gasteiger partial charge in [-0.1, -0.05) is 24.3 Å². The van der Waals surface area contributed by atoms with Crippen molar-refractivity contribution in [3.05, 3.63) is 78.6 Å². The maximum Gasteiger partial charge on any atom is 0.239 e. The second kappa shape index (κ2) is 7.48. The van der Waals surface area contributed by atoms with Gasteiger partial charge in [-0.15, -0.1) is 0 Å². The quantitative estimate of drug-likeness (QED) is 0.491. The van der Waals surface area contributed by atoms with E-state index >= 15 is 0 Å². The Balaban J connectivity index is 1.58. The molecule has 0 aliphatic rings. The number of rotatable bonds is 5. The summed E-state index contributed by atoms with van der Waals surface area (Å²) < 4.78 is 37.9. The van der Waals surface area contributed by atoms with Crippen LogP contribution in [0.4, 0.5) is 10.1 Å². The minimum Gasteiger partial charge on any atom is -0.338 e. The van der Waals surface area contributed by atoms with Crippen molar-refractivity contribution in [1.29, 1.82) is 0 Å². The number of benzene rings is 3. The number of aromatic amines is 1. The van der Waals surface area contributed by atoms with Crippen LogP contribution in [0.2, 0.25) is 0 Å². The number of imidazole rings is 1. The zero-order valence-corrected chi connectivity index (χ0v) is 15.9. The molecule has 0 unspecified atom stereocenters. The monoisotopic (exact) mass is 409 g/mol. The number of anilines is 1. The van der Waals surface area contributed by atoms with Crippen molar-refractivity contribution in [1.82, 2.24) is 9.97 Å². The number of amides is 1. The fourth-order valence-corrected chi connectivity index (χ4v) is 4.10. The van der Waals surface area contributed by atoms with Gasteiger partial charge in [0.2, 0.25) is 5.91 Å². The van der Waals surface area contributed by atoms with Crippen LogP contribution < -0.4 is 5.32 Å². The predicted octanol–water partition coefficient (Wildman–Crippen LogP) is 3.78. The van der Waals surface area contributed by atoms with Crippen LogP contribution in [-0.2, 0) is 14.6 Å². The summed E-state index contributed by atoms with van der Waals surface area (Å²) in [6.45, 7) is 0. The van der Waals surface area contributed by atoms with Gasteiger partial charge in [0, 0.05) is 5.56 Å². The van der Waals surface area contributed by atoms with Crippen molar-refractivity contribution in [2.45, 2.75) is 4.90 Å². The van der Waals surface area contributed by atoms with Crippen molar-refractivity contribution < 1.29 is 17.6 Å². The molecule has 0 spiro atoms. The van der Waals surface area contributed by atoms with E-state index in [4.69, 9.17) is 0 Å². The van der Waals surface area contributed by atoms with Gasteiger partial charge in [-0.05, 0) is 48.5 Å². The lowest BCUT2D eigenvalue weighted by Crippen LogP contribution is -2.23. The zero-order chi connectivity index (χ0) is 20.4. The minimum absolute atomic E-state index is 0.111. The van der Waals surface area contributed by atoms with Crippen LogP contribution in [-0.4, -0.2) is 30.0 Å². The molecule has 6 nitrogen and oxygen atoms in total. The highest BCUT2D eigenvalue weighted by Gasteiger charge is 2.20. The maximum atomic E-state index is 13.0. The second-order valence-electron chi connectivity index (χ2n) is 6.41. The van der Waals surface area contributed by atoms with Gasteiger partial charge in [0.25, 0.3) is 0 Å². The van der Waals surface area contributed by atoms with E-state index in [9.17, 15) is 17.6 Å². The van der Waals surface area contributed by atoms with Crippen LogP contribution in [0.15, 0.2) is 77.7 Å². The van der Waals surface area contributed by atoms with Gasteiger partial charge in [-0.3, -0.25) is 4.79 Å². The third-order valence-corrected chi connectivity index (χ3v) is 5.97. The number of carbonyl (C=O) groups excluding carboxylic acids is 1. The van der Waals surface area contributed by atoms with Crippen LogP contribution in [0.25, 0.3) is 22.4 Å². The highest BCUT2D eigenvalue weighted by Crippen LogP contribution is 2.27. The summed E-state index contributed by atoms with van der Waals surface area (Å²) in [5, 5.41) is 2.64. The molecule has 0 bridgehead atoms. The Labute approximate surface area is 166 Å². The first-order valence-corrected chi connectivity index (χ1v) is 10.4. The summed E-state index contributed by atoms with van der Waals surface area (Å²) in [5.74, 6) is -1.44. The Morgan fingerprint density at radius 2 is 1.66 bits per heavy atom. The van der Waals surface area contributed by atoms with Gasteiger partial charge >= 0.3 is 0 Å². The molecule has 1 heterocycles. The first kappa shape index (κ1) is 18.8. The standard InChI is InChI=1S/C21H16FN3O3S/c22-14-9-11-15(12-10-14)29(27,28)13-20(26)23-17-6-2-1-5-16(17)21-24-18-7-3-4-8-19(18)25-21/h1-12H,13H2,(H,23,26)(H,24,25). The number of carbonyl (C=O) groups is 1. The molecule has 8 heteroatoms. The Hall–Kier alpha value is -3.52. The molecule has 0 atom stereocenters. The van der Waals surface area contributed by atoms with Gasteiger partial charge in [-0.25, -0.2) is 17.8 Å². The van der Waals surface area contributed by atoms with Crippen LogP contribution in [0.3, 0.4) is 0 Å². The van der Waals surface area contributed by atoms with Crippen LogP contribution in [0.5, 0.6) is 0 Å². The van der Waals surface area contributed by atoms with E-state index < -0.39 is 27.3 Å². The number of sulfone groups is 1. The van der Waals surface area contributed by atoms with Gasteiger partial charge in [0.05, 0.1) is 21.6 Å². The fourth-order valence-electron chi connectivity index (χ4n) is 2.96. The third kappa shape index (κ3) is 4.02. The average molecular weight is 409 g/mol. The summed E-state index contributed by atoms with van der Waals surface area (Å²) in [6, 6.07) is 18.9. The highest BCUT2D eigenvalue weighted by atomic mass is 32.2. The maximum absolute atomic E-state index is 13.0. The molecular weight excluding hydrogens is 393 g/mol. The lowest BCUT2D eigenvalue weighted by atomic mass is 10.1. The second-order valence-corrected chi connectivity index (χ2v) is 8.40. The van der Waals surface area contributed by atoms with E-state index in [1.807, 2.05) is 24.3 Å². The van der Waals surface area contributed by atoms with Gasteiger partial charge in [0.1, 0.15) is 17.4 Å². The summed E-state index contributed by atoms with van der Waals surface area (Å²) in [4.78, 5) is 20.0. The molecular formula is C21H16FN3O3S. The Morgan fingerprint density at radius 1 is 0.966 bits per heavy atom. The Kier molecular flexibility index (Phi) is 4.85. The van der Waals surface area contributed by atoms with E-state index in [1.165, 1.54) is 0 Å². The average Bonchev–Trinajstić information content (AvgIpc) is 3.12. The lowest BCUT2D eigenvalue weighted by molar-refractivity contribution is -0.113. The molecule has 3 aromatic carbocycles. The molecule has 0 fully saturated rings. The summed E-state index contributed by atoms with van der Waals surface area (Å²) in [5.41, 5.74) is 2.70.